The van der Waals surface area contributed by atoms with Crippen LogP contribution in [-0.2, 0) is 0 Å². The minimum Gasteiger partial charge on any atom is -0.255 e. The Kier molecular flexibility index (Phi) is 2.54. The number of aromatic nitrogens is 2. The van der Waals surface area contributed by atoms with E-state index in [0.717, 1.165) is 0 Å². The molecule has 64 valence electrons. The second kappa shape index (κ2) is 3.28. The molecule has 0 unspecified atom stereocenters. The van der Waals surface area contributed by atoms with Crippen molar-refractivity contribution < 1.29 is 13.6 Å². The van der Waals surface area contributed by atoms with Gasteiger partial charge in [0, 0.05) is 0 Å². The van der Waals surface area contributed by atoms with E-state index in [1.807, 2.05) is 0 Å². The van der Waals surface area contributed by atoms with Gasteiger partial charge in [0.05, 0.1) is 0 Å². The number of nitrogens with zero attached hydrogens (tertiary/aromatic N) is 2. The SMILES string of the molecule is O=C(F)c1c(Cl)nc(F)nc1Cl. The Hall–Kier alpha value is -0.810. The summed E-state index contributed by atoms with van der Waals surface area (Å²) in [6, 6.07) is -1.90. The van der Waals surface area contributed by atoms with Crippen LogP contribution in [0.1, 0.15) is 10.4 Å². The monoisotopic (exact) mass is 212 g/mol. The zero-order chi connectivity index (χ0) is 9.30. The van der Waals surface area contributed by atoms with Crippen molar-refractivity contribution in [3.8, 4) is 0 Å². The van der Waals surface area contributed by atoms with Gasteiger partial charge in [0.15, 0.2) is 10.3 Å². The lowest BCUT2D eigenvalue weighted by Crippen LogP contribution is -2.01. The van der Waals surface area contributed by atoms with Crippen molar-refractivity contribution in [2.45, 2.75) is 0 Å². The molecule has 0 aliphatic rings. The highest BCUT2D eigenvalue weighted by Gasteiger charge is 2.18. The van der Waals surface area contributed by atoms with E-state index in [9.17, 15) is 13.6 Å². The van der Waals surface area contributed by atoms with E-state index < -0.39 is 28.0 Å². The first-order valence-corrected chi connectivity index (χ1v) is 3.36. The van der Waals surface area contributed by atoms with Gasteiger partial charge in [0.2, 0.25) is 0 Å². The summed E-state index contributed by atoms with van der Waals surface area (Å²) in [5.74, 6) is 0. The van der Waals surface area contributed by atoms with Gasteiger partial charge in [0.1, 0.15) is 5.56 Å². The van der Waals surface area contributed by atoms with Gasteiger partial charge >= 0.3 is 12.1 Å². The summed E-state index contributed by atoms with van der Waals surface area (Å²) in [6.07, 6.45) is -1.21. The van der Waals surface area contributed by atoms with Crippen molar-refractivity contribution in [2.24, 2.45) is 0 Å². The Balaban J connectivity index is 3.38. The third-order valence-electron chi connectivity index (χ3n) is 0.990. The van der Waals surface area contributed by atoms with E-state index in [4.69, 9.17) is 23.2 Å². The number of carbonyl (C=O) groups excluding carboxylic acids is 1. The van der Waals surface area contributed by atoms with Crippen LogP contribution >= 0.6 is 23.2 Å². The van der Waals surface area contributed by atoms with E-state index in [2.05, 4.69) is 9.97 Å². The third-order valence-corrected chi connectivity index (χ3v) is 1.54. The Bertz CT molecular complexity index is 321. The largest absolute Gasteiger partial charge is 0.338 e. The summed E-state index contributed by atoms with van der Waals surface area (Å²) in [4.78, 5) is 16.0. The fourth-order valence-electron chi connectivity index (χ4n) is 0.546. The summed E-state index contributed by atoms with van der Waals surface area (Å²) in [6.45, 7) is 0. The number of halogens is 4. The molecule has 12 heavy (non-hydrogen) atoms. The van der Waals surface area contributed by atoms with Crippen LogP contribution < -0.4 is 0 Å². The second-order valence-corrected chi connectivity index (χ2v) is 2.44. The molecular formula is C5Cl2F2N2O. The van der Waals surface area contributed by atoms with Crippen LogP contribution in [0.5, 0.6) is 0 Å². The Morgan fingerprint density at radius 3 is 2.00 bits per heavy atom. The number of hydrogen-bond donors (Lipinski definition) is 0. The molecule has 0 fully saturated rings. The topological polar surface area (TPSA) is 42.9 Å². The molecule has 0 atom stereocenters. The van der Waals surface area contributed by atoms with Crippen LogP contribution in [0.3, 0.4) is 0 Å². The zero-order valence-corrected chi connectivity index (χ0v) is 6.83. The van der Waals surface area contributed by atoms with E-state index in [-0.39, 0.29) is 0 Å². The minimum absolute atomic E-state index is 0.639. The molecule has 0 aliphatic carbocycles. The lowest BCUT2D eigenvalue weighted by molar-refractivity contribution is 0.0835. The van der Waals surface area contributed by atoms with E-state index in [0.29, 0.717) is 0 Å². The van der Waals surface area contributed by atoms with Gasteiger partial charge in [-0.05, 0) is 0 Å². The molecule has 1 heterocycles. The molecule has 0 aliphatic heterocycles. The number of rotatable bonds is 1. The molecular weight excluding hydrogens is 213 g/mol. The molecule has 0 saturated heterocycles. The molecule has 7 heteroatoms. The van der Waals surface area contributed by atoms with Gasteiger partial charge in [-0.2, -0.15) is 18.7 Å². The van der Waals surface area contributed by atoms with Crippen molar-refractivity contribution in [2.75, 3.05) is 0 Å². The standard InChI is InChI=1S/C5Cl2F2N2O/c6-2-1(4(8)12)3(7)11-5(9)10-2. The first kappa shape index (κ1) is 9.28. The summed E-state index contributed by atoms with van der Waals surface area (Å²) >= 11 is 10.4. The molecule has 1 aromatic rings. The van der Waals surface area contributed by atoms with Crippen LogP contribution in [0.2, 0.25) is 10.3 Å². The fourth-order valence-corrected chi connectivity index (χ4v) is 1.06. The molecule has 0 radical (unpaired) electrons. The molecule has 1 rings (SSSR count). The summed E-state index contributed by atoms with van der Waals surface area (Å²) < 4.78 is 24.3. The molecule has 0 aromatic carbocycles. The van der Waals surface area contributed by atoms with Crippen molar-refractivity contribution in [1.29, 1.82) is 0 Å². The van der Waals surface area contributed by atoms with E-state index in [1.165, 1.54) is 0 Å². The Labute approximate surface area is 75.3 Å². The zero-order valence-electron chi connectivity index (χ0n) is 5.31. The van der Waals surface area contributed by atoms with Gasteiger partial charge in [0.25, 0.3) is 0 Å². The first-order valence-electron chi connectivity index (χ1n) is 2.60. The van der Waals surface area contributed by atoms with Crippen LogP contribution in [-0.4, -0.2) is 16.0 Å². The minimum atomic E-state index is -1.90. The van der Waals surface area contributed by atoms with E-state index in [1.54, 1.807) is 0 Å². The normalized spacial score (nSPS) is 10.0. The van der Waals surface area contributed by atoms with E-state index >= 15 is 0 Å². The fraction of sp³-hybridized carbons (Fsp3) is 0. The molecule has 0 amide bonds. The average Bonchev–Trinajstić information content (AvgIpc) is 1.82. The predicted octanol–water partition coefficient (Wildman–Crippen LogP) is 2.03. The van der Waals surface area contributed by atoms with Crippen molar-refractivity contribution in [1.82, 2.24) is 9.97 Å². The van der Waals surface area contributed by atoms with Crippen LogP contribution in [0.15, 0.2) is 0 Å². The maximum Gasteiger partial charge on any atom is 0.338 e. The number of hydrogen-bond acceptors (Lipinski definition) is 3. The highest BCUT2D eigenvalue weighted by molar-refractivity contribution is 6.37. The van der Waals surface area contributed by atoms with Crippen LogP contribution in [0.4, 0.5) is 8.78 Å². The molecule has 0 bridgehead atoms. The first-order chi connectivity index (χ1) is 5.52. The van der Waals surface area contributed by atoms with Gasteiger partial charge < -0.3 is 0 Å². The Morgan fingerprint density at radius 1 is 1.25 bits per heavy atom. The highest BCUT2D eigenvalue weighted by atomic mass is 35.5. The predicted molar refractivity (Wildman–Crippen MR) is 37.4 cm³/mol. The van der Waals surface area contributed by atoms with Gasteiger partial charge in [-0.25, -0.2) is 0 Å². The maximum absolute atomic E-state index is 12.2. The van der Waals surface area contributed by atoms with Gasteiger partial charge in [-0.1, -0.05) is 23.2 Å². The van der Waals surface area contributed by atoms with Crippen molar-refractivity contribution in [3.63, 3.8) is 0 Å². The molecule has 3 nitrogen and oxygen atoms in total. The van der Waals surface area contributed by atoms with Crippen LogP contribution in [0.25, 0.3) is 0 Å². The van der Waals surface area contributed by atoms with Crippen molar-refractivity contribution in [3.05, 3.63) is 21.9 Å². The smallest absolute Gasteiger partial charge is 0.255 e. The highest BCUT2D eigenvalue weighted by Crippen LogP contribution is 2.21. The summed E-state index contributed by atoms with van der Waals surface area (Å²) in [7, 11) is 0. The van der Waals surface area contributed by atoms with Gasteiger partial charge in [-0.3, -0.25) is 4.79 Å². The quantitative estimate of drug-likeness (QED) is 0.407. The van der Waals surface area contributed by atoms with Crippen molar-refractivity contribution >= 4 is 29.2 Å². The average molecular weight is 213 g/mol. The molecule has 0 saturated carbocycles. The number of carbonyl (C=O) groups is 1. The van der Waals surface area contributed by atoms with Gasteiger partial charge in [-0.15, -0.1) is 0 Å². The Morgan fingerprint density at radius 2 is 1.67 bits per heavy atom. The molecule has 1 aromatic heterocycles. The van der Waals surface area contributed by atoms with Crippen LogP contribution in [0, 0.1) is 6.08 Å². The maximum atomic E-state index is 12.2. The molecule has 0 spiro atoms. The molecule has 0 N–H and O–H groups in total. The third kappa shape index (κ3) is 1.67. The summed E-state index contributed by atoms with van der Waals surface area (Å²) in [5.41, 5.74) is -0.722. The lowest BCUT2D eigenvalue weighted by atomic mass is 10.4. The lowest BCUT2D eigenvalue weighted by Gasteiger charge is -1.97. The second-order valence-electron chi connectivity index (χ2n) is 1.72. The summed E-state index contributed by atoms with van der Waals surface area (Å²) in [5, 5.41) is -1.28.